The van der Waals surface area contributed by atoms with Crippen LogP contribution in [0.4, 0.5) is 13.2 Å². The molecule has 0 radical (unpaired) electrons. The minimum atomic E-state index is -5.08. The Hall–Kier alpha value is -6.89. The number of likely N-dealkylation sites (tertiary alicyclic amines) is 1. The summed E-state index contributed by atoms with van der Waals surface area (Å²) in [7, 11) is 2.02. The Morgan fingerprint density at radius 3 is 1.92 bits per heavy atom. The molecule has 0 spiro atoms. The lowest BCUT2D eigenvalue weighted by atomic mass is 9.96. The maximum atomic E-state index is 14.5. The molecular formula is C45H66F3N11O15S2. The maximum Gasteiger partial charge on any atom is 0.490 e. The number of carboxylic acids is 2. The third-order valence-electron chi connectivity index (χ3n) is 11.5. The van der Waals surface area contributed by atoms with Crippen LogP contribution in [0.2, 0.25) is 0 Å². The standard InChI is InChI=1S/C43H65N11O13S2.C2HF3O2/c1-5-22(4)35-42(66)48-26(12-13-34(58)59)38(62)50-29(17-32(45)56)39(63)52-30(20-69-68-19-25(44)36(60)49-28(40(64)53-35)16-23-8-10-24(55)11-9-23)43(67)54-14-6-7-31(54)41(65)51-27(15-21(2)3)37(61)47-18-33(46)57;3-2(4,5)1(6)7/h8-11,21-22,25-31,35,55H,5-7,12-20,44H2,1-4H3,(H2,45,56)(H2,46,57)(H,47,61)(H,48,66)(H,49,60)(H,50,62)(H,51,65)(H,52,63)(H,53,64)(H,58,59);(H,6,7)/t22-,25-,26-,27-,28-,29-,30-,31-,35-;/m0./s1. The molecule has 9 atom stereocenters. The van der Waals surface area contributed by atoms with Crippen LogP contribution in [-0.4, -0.2) is 170 Å². The van der Waals surface area contributed by atoms with E-state index in [-0.39, 0.29) is 49.0 Å². The quantitative estimate of drug-likeness (QED) is 0.0725. The van der Waals surface area contributed by atoms with E-state index in [4.69, 9.17) is 27.1 Å². The highest BCUT2D eigenvalue weighted by molar-refractivity contribution is 8.76. The molecular weight excluding hydrogens is 1060 g/mol. The minimum Gasteiger partial charge on any atom is -0.508 e. The topological polar surface area (TPSA) is 431 Å². The van der Waals surface area contributed by atoms with Crippen LogP contribution < -0.4 is 54.4 Å². The van der Waals surface area contributed by atoms with E-state index in [1.807, 2.05) is 13.8 Å². The number of nitrogens with zero attached hydrogens (tertiary/aromatic N) is 1. The third kappa shape index (κ3) is 22.5. The van der Waals surface area contributed by atoms with Crippen LogP contribution in [0.3, 0.4) is 0 Å². The van der Waals surface area contributed by atoms with Crippen molar-refractivity contribution in [2.75, 3.05) is 24.6 Å². The molecule has 0 bridgehead atoms. The van der Waals surface area contributed by atoms with Crippen molar-refractivity contribution < 1.29 is 86.0 Å². The summed E-state index contributed by atoms with van der Waals surface area (Å²) in [6.07, 6.45) is -6.21. The first-order chi connectivity index (χ1) is 35.4. The number of amides is 10. The Bertz CT molecular complexity index is 2270. The summed E-state index contributed by atoms with van der Waals surface area (Å²) in [4.78, 5) is 157. The number of carbonyl (C=O) groups is 12. The van der Waals surface area contributed by atoms with E-state index in [0.717, 1.165) is 21.6 Å². The number of carboxylic acid groups (broad SMARTS) is 2. The van der Waals surface area contributed by atoms with E-state index in [0.29, 0.717) is 18.4 Å². The fourth-order valence-corrected chi connectivity index (χ4v) is 9.60. The number of aromatic hydroxyl groups is 1. The van der Waals surface area contributed by atoms with Crippen LogP contribution in [-0.2, 0) is 64.0 Å². The highest BCUT2D eigenvalue weighted by atomic mass is 33.1. The van der Waals surface area contributed by atoms with Crippen molar-refractivity contribution in [2.24, 2.45) is 29.0 Å². The van der Waals surface area contributed by atoms with Gasteiger partial charge in [0, 0.05) is 30.9 Å². The van der Waals surface area contributed by atoms with Crippen LogP contribution in [0.25, 0.3) is 0 Å². The zero-order chi connectivity index (χ0) is 57.6. The molecule has 2 heterocycles. The zero-order valence-corrected chi connectivity index (χ0v) is 43.6. The van der Waals surface area contributed by atoms with E-state index >= 15 is 0 Å². The normalized spacial score (nSPS) is 23.1. The Kier molecular flexibility index (Phi) is 26.8. The van der Waals surface area contributed by atoms with Crippen LogP contribution in [0.1, 0.15) is 78.2 Å². The number of nitrogens with two attached hydrogens (primary N) is 3. The zero-order valence-electron chi connectivity index (χ0n) is 41.9. The van der Waals surface area contributed by atoms with Gasteiger partial charge in [0.25, 0.3) is 0 Å². The van der Waals surface area contributed by atoms with Gasteiger partial charge in [-0.05, 0) is 55.2 Å². The van der Waals surface area contributed by atoms with Gasteiger partial charge in [-0.2, -0.15) is 13.2 Å². The van der Waals surface area contributed by atoms with Crippen molar-refractivity contribution in [1.82, 2.24) is 42.1 Å². The molecule has 0 aliphatic carbocycles. The molecule has 26 nitrogen and oxygen atoms in total. The molecule has 76 heavy (non-hydrogen) atoms. The van der Waals surface area contributed by atoms with Gasteiger partial charge in [0.2, 0.25) is 59.1 Å². The van der Waals surface area contributed by atoms with Gasteiger partial charge in [0.1, 0.15) is 48.0 Å². The first-order valence-electron chi connectivity index (χ1n) is 23.7. The predicted molar refractivity (Wildman–Crippen MR) is 267 cm³/mol. The summed E-state index contributed by atoms with van der Waals surface area (Å²) < 4.78 is 31.7. The monoisotopic (exact) mass is 1120 g/mol. The van der Waals surface area contributed by atoms with Gasteiger partial charge < -0.3 is 74.6 Å². The Morgan fingerprint density at radius 2 is 1.37 bits per heavy atom. The number of hydrogen-bond donors (Lipinski definition) is 13. The van der Waals surface area contributed by atoms with Crippen molar-refractivity contribution in [3.8, 4) is 5.75 Å². The summed E-state index contributed by atoms with van der Waals surface area (Å²) in [5, 5.41) is 44.2. The van der Waals surface area contributed by atoms with Crippen LogP contribution in [0.15, 0.2) is 24.3 Å². The number of halogens is 3. The van der Waals surface area contributed by atoms with E-state index in [9.17, 15) is 76.1 Å². The van der Waals surface area contributed by atoms with E-state index in [2.05, 4.69) is 37.2 Å². The van der Waals surface area contributed by atoms with Gasteiger partial charge >= 0.3 is 18.1 Å². The SMILES string of the molecule is CC[C@H](C)[C@@H]1NC(=O)[C@H](Cc2ccc(O)cc2)NC(=O)[C@@H](N)CSSC[C@@H](C(=O)N2CCC[C@H]2C(=O)N[C@@H](CC(C)C)C(=O)NCC(N)=O)NC(=O)[C@H](CC(N)=O)NC(=O)[C@H](CCC(=O)O)NC1=O.O=C(O)C(F)(F)F. The van der Waals surface area contributed by atoms with Gasteiger partial charge in [-0.25, -0.2) is 4.79 Å². The number of aliphatic carboxylic acids is 2. The van der Waals surface area contributed by atoms with Crippen molar-refractivity contribution in [3.05, 3.63) is 29.8 Å². The largest absolute Gasteiger partial charge is 0.508 e. The minimum absolute atomic E-state index is 0.0395. The molecule has 10 amide bonds. The number of primary amides is 2. The molecule has 2 aliphatic rings. The number of benzene rings is 1. The van der Waals surface area contributed by atoms with Gasteiger partial charge in [-0.1, -0.05) is 67.8 Å². The molecule has 424 valence electrons. The Balaban J connectivity index is 0.00000263. The van der Waals surface area contributed by atoms with Gasteiger partial charge in [0.05, 0.1) is 19.0 Å². The Labute approximate surface area is 442 Å². The average Bonchev–Trinajstić information content (AvgIpc) is 3.83. The summed E-state index contributed by atoms with van der Waals surface area (Å²) in [5.74, 6) is -13.9. The second-order valence-corrected chi connectivity index (χ2v) is 20.7. The fraction of sp³-hybridized carbons (Fsp3) is 0.600. The molecule has 3 rings (SSSR count). The fourth-order valence-electron chi connectivity index (χ4n) is 7.32. The number of nitrogens with one attached hydrogen (secondary N) is 7. The molecule has 1 aromatic carbocycles. The van der Waals surface area contributed by atoms with Crippen LogP contribution >= 0.6 is 21.6 Å². The summed E-state index contributed by atoms with van der Waals surface area (Å²) >= 11 is 0. The van der Waals surface area contributed by atoms with Crippen LogP contribution in [0.5, 0.6) is 5.75 Å². The highest BCUT2D eigenvalue weighted by Crippen LogP contribution is 2.26. The number of phenols is 1. The van der Waals surface area contributed by atoms with Crippen LogP contribution in [0, 0.1) is 11.8 Å². The number of hydrogen-bond acceptors (Lipinski definition) is 16. The molecule has 2 aliphatic heterocycles. The molecule has 1 aromatic rings. The van der Waals surface area contributed by atoms with Crippen molar-refractivity contribution in [1.29, 1.82) is 0 Å². The molecule has 16 N–H and O–H groups in total. The highest BCUT2D eigenvalue weighted by Gasteiger charge is 2.41. The lowest BCUT2D eigenvalue weighted by molar-refractivity contribution is -0.192. The van der Waals surface area contributed by atoms with Gasteiger partial charge in [0.15, 0.2) is 0 Å². The predicted octanol–water partition coefficient (Wildman–Crippen LogP) is -2.38. The summed E-state index contributed by atoms with van der Waals surface area (Å²) in [6, 6.07) is -5.29. The van der Waals surface area contributed by atoms with Gasteiger partial charge in [-0.15, -0.1) is 0 Å². The third-order valence-corrected chi connectivity index (χ3v) is 13.9. The first-order valence-corrected chi connectivity index (χ1v) is 26.2. The molecule has 0 saturated carbocycles. The summed E-state index contributed by atoms with van der Waals surface area (Å²) in [6.45, 7) is 6.54. The lowest BCUT2D eigenvalue weighted by Gasteiger charge is -2.31. The molecule has 2 saturated heterocycles. The lowest BCUT2D eigenvalue weighted by Crippen LogP contribution is -2.61. The first kappa shape index (κ1) is 65.2. The smallest absolute Gasteiger partial charge is 0.490 e. The molecule has 0 unspecified atom stereocenters. The van der Waals surface area contributed by atoms with E-state index in [1.54, 1.807) is 13.8 Å². The maximum absolute atomic E-state index is 14.5. The number of phenolic OH excluding ortho intramolecular Hbond substituents is 1. The number of carbonyl (C=O) groups excluding carboxylic acids is 10. The average molecular weight is 1120 g/mol. The van der Waals surface area contributed by atoms with Crippen molar-refractivity contribution >= 4 is 92.6 Å². The number of alkyl halides is 3. The number of rotatable bonds is 17. The molecule has 31 heteroatoms. The van der Waals surface area contributed by atoms with Crippen molar-refractivity contribution in [3.63, 3.8) is 0 Å². The van der Waals surface area contributed by atoms with E-state index < -0.39 is 157 Å². The van der Waals surface area contributed by atoms with Gasteiger partial charge in [-0.3, -0.25) is 52.7 Å². The van der Waals surface area contributed by atoms with Crippen molar-refractivity contribution in [2.45, 2.75) is 134 Å². The summed E-state index contributed by atoms with van der Waals surface area (Å²) in [5.41, 5.74) is 17.5. The second kappa shape index (κ2) is 31.2. The van der Waals surface area contributed by atoms with E-state index in [1.165, 1.54) is 29.2 Å². The molecule has 0 aromatic heterocycles. The second-order valence-electron chi connectivity index (χ2n) is 18.1. The Morgan fingerprint density at radius 1 is 0.803 bits per heavy atom. The molecule has 2 fully saturated rings.